The Morgan fingerprint density at radius 3 is 2.42 bits per heavy atom. The molecule has 1 aromatic heterocycles. The van der Waals surface area contributed by atoms with Gasteiger partial charge in [-0.05, 0) is 0 Å². The highest BCUT2D eigenvalue weighted by Crippen LogP contribution is 1.95. The van der Waals surface area contributed by atoms with Crippen molar-refractivity contribution in [2.24, 2.45) is 5.92 Å². The lowest BCUT2D eigenvalue weighted by Gasteiger charge is -1.91. The Labute approximate surface area is 72.0 Å². The monoisotopic (exact) mass is 161 g/mol. The topological polar surface area (TPSA) is 51.8 Å². The number of nitrogens with zero attached hydrogens (tertiary/aromatic N) is 2. The second kappa shape index (κ2) is 3.72. The van der Waals surface area contributed by atoms with Gasteiger partial charge in [0.15, 0.2) is 0 Å². The van der Waals surface area contributed by atoms with Crippen LogP contribution in [0.1, 0.15) is 19.4 Å². The van der Waals surface area contributed by atoms with E-state index in [1.54, 1.807) is 12.4 Å². The lowest BCUT2D eigenvalue weighted by Crippen LogP contribution is -1.93. The lowest BCUT2D eigenvalue weighted by atomic mass is 10.2. The average Bonchev–Trinajstić information content (AvgIpc) is 2.03. The van der Waals surface area contributed by atoms with E-state index in [2.05, 4.69) is 21.8 Å². The first-order valence-electron chi connectivity index (χ1n) is 3.77. The zero-order valence-electron chi connectivity index (χ0n) is 7.20. The summed E-state index contributed by atoms with van der Waals surface area (Å²) in [7, 11) is 0. The van der Waals surface area contributed by atoms with E-state index in [0.717, 1.165) is 5.56 Å². The number of hydrogen-bond donors (Lipinski definition) is 1. The molecule has 0 bridgehead atoms. The first kappa shape index (κ1) is 8.54. The van der Waals surface area contributed by atoms with Gasteiger partial charge in [-0.3, -0.25) is 0 Å². The number of rotatable bonds is 0. The summed E-state index contributed by atoms with van der Waals surface area (Å²) in [4.78, 5) is 7.64. The Morgan fingerprint density at radius 2 is 1.92 bits per heavy atom. The van der Waals surface area contributed by atoms with Crippen molar-refractivity contribution in [3.8, 4) is 11.8 Å². The second-order valence-electron chi connectivity index (χ2n) is 2.75. The fourth-order valence-corrected chi connectivity index (χ4v) is 0.630. The third kappa shape index (κ3) is 2.59. The van der Waals surface area contributed by atoms with Crippen molar-refractivity contribution in [2.75, 3.05) is 5.73 Å². The average molecular weight is 161 g/mol. The highest BCUT2D eigenvalue weighted by atomic mass is 15.0. The summed E-state index contributed by atoms with van der Waals surface area (Å²) in [6.45, 7) is 4.07. The van der Waals surface area contributed by atoms with Gasteiger partial charge < -0.3 is 5.73 Å². The summed E-state index contributed by atoms with van der Waals surface area (Å²) in [6.07, 6.45) is 3.25. The fourth-order valence-electron chi connectivity index (χ4n) is 0.630. The maximum absolute atomic E-state index is 5.31. The molecule has 1 rings (SSSR count). The molecular weight excluding hydrogens is 150 g/mol. The molecule has 3 nitrogen and oxygen atoms in total. The van der Waals surface area contributed by atoms with Crippen LogP contribution in [0.2, 0.25) is 0 Å². The maximum Gasteiger partial charge on any atom is 0.219 e. The number of nitrogens with two attached hydrogens (primary N) is 1. The standard InChI is InChI=1S/C9H11N3/c1-7(2)3-4-8-5-11-9(10)12-6-8/h5-7H,1-2H3,(H2,10,11,12). The van der Waals surface area contributed by atoms with E-state index >= 15 is 0 Å². The zero-order chi connectivity index (χ0) is 8.97. The van der Waals surface area contributed by atoms with Crippen molar-refractivity contribution in [3.63, 3.8) is 0 Å². The van der Waals surface area contributed by atoms with Crippen molar-refractivity contribution in [1.29, 1.82) is 0 Å². The van der Waals surface area contributed by atoms with Crippen LogP contribution in [-0.4, -0.2) is 9.97 Å². The Hall–Kier alpha value is -1.56. The van der Waals surface area contributed by atoms with Crippen LogP contribution in [0, 0.1) is 17.8 Å². The summed E-state index contributed by atoms with van der Waals surface area (Å²) in [5.41, 5.74) is 6.12. The summed E-state index contributed by atoms with van der Waals surface area (Å²) in [5, 5.41) is 0. The highest BCUT2D eigenvalue weighted by Gasteiger charge is 1.88. The van der Waals surface area contributed by atoms with Crippen LogP contribution in [0.5, 0.6) is 0 Å². The van der Waals surface area contributed by atoms with Gasteiger partial charge in [0.25, 0.3) is 0 Å². The van der Waals surface area contributed by atoms with Gasteiger partial charge >= 0.3 is 0 Å². The SMILES string of the molecule is CC(C)C#Cc1cnc(N)nc1. The highest BCUT2D eigenvalue weighted by molar-refractivity contribution is 5.32. The maximum atomic E-state index is 5.31. The van der Waals surface area contributed by atoms with Gasteiger partial charge in [0.2, 0.25) is 5.95 Å². The summed E-state index contributed by atoms with van der Waals surface area (Å²) in [5.74, 6) is 6.60. The van der Waals surface area contributed by atoms with Crippen molar-refractivity contribution in [2.45, 2.75) is 13.8 Å². The van der Waals surface area contributed by atoms with E-state index < -0.39 is 0 Å². The molecule has 0 fully saturated rings. The Morgan fingerprint density at radius 1 is 1.33 bits per heavy atom. The van der Waals surface area contributed by atoms with Gasteiger partial charge in [-0.25, -0.2) is 9.97 Å². The molecule has 0 radical (unpaired) electrons. The van der Waals surface area contributed by atoms with Crippen LogP contribution in [0.15, 0.2) is 12.4 Å². The molecule has 1 aromatic rings. The number of anilines is 1. The first-order valence-corrected chi connectivity index (χ1v) is 3.77. The minimum Gasteiger partial charge on any atom is -0.368 e. The lowest BCUT2D eigenvalue weighted by molar-refractivity contribution is 0.866. The van der Waals surface area contributed by atoms with Gasteiger partial charge in [0.1, 0.15) is 0 Å². The van der Waals surface area contributed by atoms with E-state index in [1.807, 2.05) is 13.8 Å². The van der Waals surface area contributed by atoms with Crippen LogP contribution in [0.4, 0.5) is 5.95 Å². The van der Waals surface area contributed by atoms with Gasteiger partial charge in [0, 0.05) is 18.3 Å². The van der Waals surface area contributed by atoms with Gasteiger partial charge in [-0.1, -0.05) is 25.7 Å². The number of aromatic nitrogens is 2. The van der Waals surface area contributed by atoms with E-state index in [-0.39, 0.29) is 5.95 Å². The predicted molar refractivity (Wildman–Crippen MR) is 48.2 cm³/mol. The summed E-state index contributed by atoms with van der Waals surface area (Å²) < 4.78 is 0. The molecule has 0 saturated carbocycles. The van der Waals surface area contributed by atoms with Crippen LogP contribution in [0.3, 0.4) is 0 Å². The summed E-state index contributed by atoms with van der Waals surface area (Å²) in [6, 6.07) is 0. The van der Waals surface area contributed by atoms with E-state index in [9.17, 15) is 0 Å². The van der Waals surface area contributed by atoms with Crippen LogP contribution >= 0.6 is 0 Å². The molecule has 0 aliphatic heterocycles. The Balaban J connectivity index is 2.79. The van der Waals surface area contributed by atoms with Crippen LogP contribution in [0.25, 0.3) is 0 Å². The quantitative estimate of drug-likeness (QED) is 0.579. The predicted octanol–water partition coefficient (Wildman–Crippen LogP) is 1.07. The van der Waals surface area contributed by atoms with Gasteiger partial charge in [-0.15, -0.1) is 0 Å². The third-order valence-electron chi connectivity index (χ3n) is 1.18. The molecule has 0 aliphatic carbocycles. The van der Waals surface area contributed by atoms with E-state index in [0.29, 0.717) is 5.92 Å². The minimum atomic E-state index is 0.282. The molecule has 0 spiro atoms. The zero-order valence-corrected chi connectivity index (χ0v) is 7.20. The summed E-state index contributed by atoms with van der Waals surface area (Å²) >= 11 is 0. The largest absolute Gasteiger partial charge is 0.368 e. The Kier molecular flexibility index (Phi) is 2.65. The molecule has 1 heterocycles. The third-order valence-corrected chi connectivity index (χ3v) is 1.18. The van der Waals surface area contributed by atoms with Gasteiger partial charge in [-0.2, -0.15) is 0 Å². The smallest absolute Gasteiger partial charge is 0.219 e. The Bertz CT molecular complexity index is 303. The molecule has 2 N–H and O–H groups in total. The number of hydrogen-bond acceptors (Lipinski definition) is 3. The molecule has 0 atom stereocenters. The molecule has 0 saturated heterocycles. The first-order chi connectivity index (χ1) is 5.68. The fraction of sp³-hybridized carbons (Fsp3) is 0.333. The van der Waals surface area contributed by atoms with E-state index in [1.165, 1.54) is 0 Å². The van der Waals surface area contributed by atoms with Crippen molar-refractivity contribution < 1.29 is 0 Å². The van der Waals surface area contributed by atoms with Crippen molar-refractivity contribution >= 4 is 5.95 Å². The molecular formula is C9H11N3. The molecule has 0 unspecified atom stereocenters. The molecule has 3 heteroatoms. The van der Waals surface area contributed by atoms with Crippen LogP contribution in [-0.2, 0) is 0 Å². The normalized spacial score (nSPS) is 9.25. The molecule has 0 aromatic carbocycles. The van der Waals surface area contributed by atoms with Crippen molar-refractivity contribution in [1.82, 2.24) is 9.97 Å². The minimum absolute atomic E-state index is 0.282. The van der Waals surface area contributed by atoms with Gasteiger partial charge in [0.05, 0.1) is 5.56 Å². The number of nitrogen functional groups attached to an aromatic ring is 1. The molecule has 0 amide bonds. The van der Waals surface area contributed by atoms with Crippen molar-refractivity contribution in [3.05, 3.63) is 18.0 Å². The molecule has 12 heavy (non-hydrogen) atoms. The second-order valence-corrected chi connectivity index (χ2v) is 2.75. The molecule has 0 aliphatic rings. The van der Waals surface area contributed by atoms with E-state index in [4.69, 9.17) is 5.73 Å². The van der Waals surface area contributed by atoms with Crippen LogP contribution < -0.4 is 5.73 Å². The molecule has 62 valence electrons.